The van der Waals surface area contributed by atoms with Crippen LogP contribution in [0.4, 0.5) is 0 Å². The molecule has 1 aromatic rings. The van der Waals surface area contributed by atoms with Crippen LogP contribution in [-0.2, 0) is 4.79 Å². The maximum absolute atomic E-state index is 11.4. The summed E-state index contributed by atoms with van der Waals surface area (Å²) < 4.78 is 5.06. The molecule has 0 spiro atoms. The number of methoxy groups -OCH3 is 1. The Balaban J connectivity index is 2.23. The van der Waals surface area contributed by atoms with Gasteiger partial charge in [-0.05, 0) is 18.9 Å². The predicted molar refractivity (Wildman–Crippen MR) is 59.8 cm³/mol. The maximum atomic E-state index is 11.4. The lowest BCUT2D eigenvalue weighted by Gasteiger charge is -2.21. The van der Waals surface area contributed by atoms with E-state index in [1.807, 2.05) is 6.07 Å². The molecule has 0 bridgehead atoms. The average Bonchev–Trinajstić information content (AvgIpc) is 2.29. The molecule has 4 heteroatoms. The van der Waals surface area contributed by atoms with Gasteiger partial charge in [0.05, 0.1) is 7.11 Å². The Morgan fingerprint density at radius 1 is 1.25 bits per heavy atom. The number of aromatic amines is 1. The second-order valence-corrected chi connectivity index (χ2v) is 4.15. The largest absolute Gasteiger partial charge is 0.496 e. The molecule has 2 rings (SSSR count). The van der Waals surface area contributed by atoms with Gasteiger partial charge in [-0.25, -0.2) is 0 Å². The van der Waals surface area contributed by atoms with Crippen molar-refractivity contribution in [3.8, 4) is 5.75 Å². The molecule has 0 amide bonds. The van der Waals surface area contributed by atoms with Gasteiger partial charge in [-0.1, -0.05) is 0 Å². The molecular formula is C12H15NO3. The molecular weight excluding hydrogens is 206 g/mol. The van der Waals surface area contributed by atoms with Crippen LogP contribution < -0.4 is 10.3 Å². The van der Waals surface area contributed by atoms with E-state index >= 15 is 0 Å². The summed E-state index contributed by atoms with van der Waals surface area (Å²) in [4.78, 5) is 25.3. The number of H-pyrrole nitrogens is 1. The lowest BCUT2D eigenvalue weighted by Crippen LogP contribution is -2.17. The van der Waals surface area contributed by atoms with Crippen LogP contribution >= 0.6 is 0 Å². The summed E-state index contributed by atoms with van der Waals surface area (Å²) in [5.74, 6) is 1.18. The normalized spacial score (nSPS) is 17.4. The number of ether oxygens (including phenoxy) is 1. The fourth-order valence-corrected chi connectivity index (χ4v) is 2.13. The van der Waals surface area contributed by atoms with Crippen molar-refractivity contribution in [2.24, 2.45) is 0 Å². The Hall–Kier alpha value is -1.58. The van der Waals surface area contributed by atoms with Crippen molar-refractivity contribution in [1.29, 1.82) is 0 Å². The van der Waals surface area contributed by atoms with Gasteiger partial charge < -0.3 is 9.72 Å². The quantitative estimate of drug-likeness (QED) is 0.825. The number of rotatable bonds is 2. The third kappa shape index (κ3) is 2.32. The molecule has 1 aliphatic carbocycles. The smallest absolute Gasteiger partial charge is 0.251 e. The predicted octanol–water partition coefficient (Wildman–Crippen LogP) is 1.61. The van der Waals surface area contributed by atoms with Crippen molar-refractivity contribution in [2.45, 2.75) is 31.6 Å². The van der Waals surface area contributed by atoms with Gasteiger partial charge in [0.25, 0.3) is 5.56 Å². The third-order valence-electron chi connectivity index (χ3n) is 3.06. The van der Waals surface area contributed by atoms with E-state index in [1.165, 1.54) is 6.07 Å². The molecule has 0 radical (unpaired) electrons. The van der Waals surface area contributed by atoms with Gasteiger partial charge in [-0.15, -0.1) is 0 Å². The Labute approximate surface area is 93.6 Å². The van der Waals surface area contributed by atoms with E-state index in [0.29, 0.717) is 24.4 Å². The average molecular weight is 221 g/mol. The topological polar surface area (TPSA) is 59.2 Å². The van der Waals surface area contributed by atoms with E-state index in [1.54, 1.807) is 7.11 Å². The molecule has 1 fully saturated rings. The zero-order chi connectivity index (χ0) is 11.5. The van der Waals surface area contributed by atoms with Crippen LogP contribution in [0.1, 0.15) is 37.3 Å². The molecule has 1 heterocycles. The second-order valence-electron chi connectivity index (χ2n) is 4.15. The minimum absolute atomic E-state index is 0.147. The van der Waals surface area contributed by atoms with Crippen molar-refractivity contribution in [2.75, 3.05) is 7.11 Å². The second kappa shape index (κ2) is 4.51. The Kier molecular flexibility index (Phi) is 3.08. The van der Waals surface area contributed by atoms with Crippen LogP contribution in [0.2, 0.25) is 0 Å². The van der Waals surface area contributed by atoms with E-state index in [2.05, 4.69) is 4.98 Å². The van der Waals surface area contributed by atoms with E-state index in [9.17, 15) is 9.59 Å². The van der Waals surface area contributed by atoms with Crippen LogP contribution in [0.25, 0.3) is 0 Å². The standard InChI is InChI=1S/C12H15NO3/c1-16-10-6-11(13-12(15)7-10)8-2-4-9(14)5-3-8/h6-8H,2-5H2,1H3,(H,13,15). The van der Waals surface area contributed by atoms with Crippen molar-refractivity contribution in [3.05, 3.63) is 28.2 Å². The first-order valence-electron chi connectivity index (χ1n) is 5.49. The number of aromatic nitrogens is 1. The summed E-state index contributed by atoms with van der Waals surface area (Å²) in [5, 5.41) is 0. The highest BCUT2D eigenvalue weighted by atomic mass is 16.5. The number of pyridine rings is 1. The first-order valence-corrected chi connectivity index (χ1v) is 5.49. The molecule has 0 aliphatic heterocycles. The lowest BCUT2D eigenvalue weighted by atomic mass is 9.86. The van der Waals surface area contributed by atoms with Crippen LogP contribution in [-0.4, -0.2) is 17.9 Å². The minimum Gasteiger partial charge on any atom is -0.496 e. The summed E-state index contributed by atoms with van der Waals surface area (Å²) in [6.45, 7) is 0. The van der Waals surface area contributed by atoms with Crippen molar-refractivity contribution < 1.29 is 9.53 Å². The number of ketones is 1. The van der Waals surface area contributed by atoms with E-state index in [0.717, 1.165) is 18.5 Å². The Bertz CT molecular complexity index is 440. The fraction of sp³-hybridized carbons (Fsp3) is 0.500. The molecule has 16 heavy (non-hydrogen) atoms. The van der Waals surface area contributed by atoms with Gasteiger partial charge in [0.2, 0.25) is 0 Å². The lowest BCUT2D eigenvalue weighted by molar-refractivity contribution is -0.120. The third-order valence-corrected chi connectivity index (χ3v) is 3.06. The molecule has 1 aromatic heterocycles. The van der Waals surface area contributed by atoms with Crippen molar-refractivity contribution in [3.63, 3.8) is 0 Å². The number of nitrogens with one attached hydrogen (secondary N) is 1. The highest BCUT2D eigenvalue weighted by Crippen LogP contribution is 2.30. The summed E-state index contributed by atoms with van der Waals surface area (Å²) in [7, 11) is 1.54. The van der Waals surface area contributed by atoms with Crippen LogP contribution in [0.3, 0.4) is 0 Å². The Morgan fingerprint density at radius 3 is 2.56 bits per heavy atom. The molecule has 1 aliphatic rings. The van der Waals surface area contributed by atoms with Crippen LogP contribution in [0, 0.1) is 0 Å². The summed E-state index contributed by atoms with van der Waals surface area (Å²) >= 11 is 0. The molecule has 1 saturated carbocycles. The van der Waals surface area contributed by atoms with Crippen LogP contribution in [0.15, 0.2) is 16.9 Å². The van der Waals surface area contributed by atoms with Crippen LogP contribution in [0.5, 0.6) is 5.75 Å². The number of Topliss-reactive ketones (excluding diaryl/α,β-unsaturated/α-hetero) is 1. The monoisotopic (exact) mass is 221 g/mol. The molecule has 0 atom stereocenters. The SMILES string of the molecule is COc1cc(C2CCC(=O)CC2)[nH]c(=O)c1. The first kappa shape index (κ1) is 10.9. The van der Waals surface area contributed by atoms with Gasteiger partial charge >= 0.3 is 0 Å². The summed E-state index contributed by atoms with van der Waals surface area (Å²) in [6, 6.07) is 3.28. The first-order chi connectivity index (χ1) is 7.69. The maximum Gasteiger partial charge on any atom is 0.251 e. The molecule has 0 unspecified atom stereocenters. The van der Waals surface area contributed by atoms with E-state index in [-0.39, 0.29) is 11.5 Å². The van der Waals surface area contributed by atoms with Crippen molar-refractivity contribution >= 4 is 5.78 Å². The Morgan fingerprint density at radius 2 is 1.94 bits per heavy atom. The number of carbonyl (C=O) groups excluding carboxylic acids is 1. The minimum atomic E-state index is -0.147. The van der Waals surface area contributed by atoms with Gasteiger partial charge in [0.15, 0.2) is 0 Å². The highest BCUT2D eigenvalue weighted by Gasteiger charge is 2.21. The summed E-state index contributed by atoms with van der Waals surface area (Å²) in [5.41, 5.74) is 0.739. The molecule has 0 saturated heterocycles. The fourth-order valence-electron chi connectivity index (χ4n) is 2.13. The molecule has 86 valence electrons. The van der Waals surface area contributed by atoms with E-state index < -0.39 is 0 Å². The van der Waals surface area contributed by atoms with Gasteiger partial charge in [0, 0.05) is 30.5 Å². The van der Waals surface area contributed by atoms with Gasteiger partial charge in [-0.3, -0.25) is 9.59 Å². The number of hydrogen-bond donors (Lipinski definition) is 1. The summed E-state index contributed by atoms with van der Waals surface area (Å²) in [6.07, 6.45) is 2.87. The molecule has 1 N–H and O–H groups in total. The molecule has 0 aromatic carbocycles. The van der Waals surface area contributed by atoms with E-state index in [4.69, 9.17) is 4.74 Å². The number of carbonyl (C=O) groups is 1. The van der Waals surface area contributed by atoms with Crippen molar-refractivity contribution in [1.82, 2.24) is 4.98 Å². The highest BCUT2D eigenvalue weighted by molar-refractivity contribution is 5.79. The van der Waals surface area contributed by atoms with Gasteiger partial charge in [-0.2, -0.15) is 0 Å². The number of hydrogen-bond acceptors (Lipinski definition) is 3. The zero-order valence-corrected chi connectivity index (χ0v) is 9.29. The molecule has 4 nitrogen and oxygen atoms in total. The van der Waals surface area contributed by atoms with Gasteiger partial charge in [0.1, 0.15) is 11.5 Å². The zero-order valence-electron chi connectivity index (χ0n) is 9.29.